The van der Waals surface area contributed by atoms with E-state index >= 15 is 0 Å². The van der Waals surface area contributed by atoms with E-state index in [-0.39, 0.29) is 17.1 Å². The van der Waals surface area contributed by atoms with Crippen LogP contribution in [0, 0.1) is 0 Å². The number of benzene rings is 1. The number of hydrogen-bond donors (Lipinski definition) is 1. The van der Waals surface area contributed by atoms with Gasteiger partial charge in [-0.1, -0.05) is 31.9 Å². The summed E-state index contributed by atoms with van der Waals surface area (Å²) < 4.78 is 13.9. The van der Waals surface area contributed by atoms with Crippen molar-refractivity contribution in [2.75, 3.05) is 0 Å². The molecular weight excluding hydrogens is 373 g/mol. The lowest BCUT2D eigenvalue weighted by Gasteiger charge is -2.32. The number of nitrogens with two attached hydrogens (primary N) is 1. The first kappa shape index (κ1) is 15.5. The molecule has 0 saturated carbocycles. The van der Waals surface area contributed by atoms with Crippen LogP contribution in [0.3, 0.4) is 0 Å². The van der Waals surface area contributed by atoms with Gasteiger partial charge in [0.05, 0.1) is 17.1 Å². The molecule has 6 heteroatoms. The standard InChI is InChI=1S/C13H18BBr2NO2/c1-12(2)13(3,4)19-14(18-12)11(17)8-5-9(15)7-10(16)6-8/h5-7,11H,17H2,1-4H3. The van der Waals surface area contributed by atoms with Gasteiger partial charge >= 0.3 is 7.12 Å². The van der Waals surface area contributed by atoms with Crippen LogP contribution in [-0.2, 0) is 9.31 Å². The van der Waals surface area contributed by atoms with E-state index in [1.165, 1.54) is 0 Å². The van der Waals surface area contributed by atoms with Crippen molar-refractivity contribution in [2.45, 2.75) is 44.8 Å². The van der Waals surface area contributed by atoms with E-state index in [0.29, 0.717) is 0 Å². The lowest BCUT2D eigenvalue weighted by atomic mass is 9.75. The Kier molecular flexibility index (Phi) is 4.21. The summed E-state index contributed by atoms with van der Waals surface area (Å²) >= 11 is 6.94. The first-order valence-corrected chi connectivity index (χ1v) is 7.78. The minimum Gasteiger partial charge on any atom is -0.402 e. The molecule has 1 atom stereocenters. The van der Waals surface area contributed by atoms with Crippen molar-refractivity contribution in [3.05, 3.63) is 32.7 Å². The van der Waals surface area contributed by atoms with Crippen molar-refractivity contribution in [3.63, 3.8) is 0 Å². The van der Waals surface area contributed by atoms with E-state index in [9.17, 15) is 0 Å². The molecule has 104 valence electrons. The topological polar surface area (TPSA) is 44.5 Å². The van der Waals surface area contributed by atoms with Gasteiger partial charge in [0.15, 0.2) is 0 Å². The number of rotatable bonds is 2. The Morgan fingerprint density at radius 2 is 1.42 bits per heavy atom. The Labute approximate surface area is 131 Å². The maximum absolute atomic E-state index is 6.29. The second kappa shape index (κ2) is 5.15. The molecule has 2 N–H and O–H groups in total. The monoisotopic (exact) mass is 389 g/mol. The van der Waals surface area contributed by atoms with E-state index in [2.05, 4.69) is 31.9 Å². The molecule has 0 aromatic heterocycles. The summed E-state index contributed by atoms with van der Waals surface area (Å²) in [6, 6.07) is 5.95. The van der Waals surface area contributed by atoms with Gasteiger partial charge in [-0.05, 0) is 51.5 Å². The Bertz CT molecular complexity index is 457. The molecule has 1 aliphatic rings. The van der Waals surface area contributed by atoms with Crippen LogP contribution in [0.25, 0.3) is 0 Å². The first-order valence-electron chi connectivity index (χ1n) is 6.20. The zero-order valence-corrected chi connectivity index (χ0v) is 14.7. The lowest BCUT2D eigenvalue weighted by molar-refractivity contribution is 0.00578. The predicted octanol–water partition coefficient (Wildman–Crippen LogP) is 3.84. The average molecular weight is 391 g/mol. The predicted molar refractivity (Wildman–Crippen MR) is 84.9 cm³/mol. The van der Waals surface area contributed by atoms with Gasteiger partial charge in [0.25, 0.3) is 0 Å². The van der Waals surface area contributed by atoms with Crippen molar-refractivity contribution >= 4 is 39.0 Å². The van der Waals surface area contributed by atoms with E-state index in [4.69, 9.17) is 15.0 Å². The molecule has 1 heterocycles. The molecule has 1 aliphatic heterocycles. The molecule has 1 aromatic rings. The molecule has 0 amide bonds. The van der Waals surface area contributed by atoms with Crippen LogP contribution in [0.1, 0.15) is 39.2 Å². The summed E-state index contributed by atoms with van der Waals surface area (Å²) in [4.78, 5) is 0. The van der Waals surface area contributed by atoms with Crippen molar-refractivity contribution in [3.8, 4) is 0 Å². The SMILES string of the molecule is CC1(C)OB(C(N)c2cc(Br)cc(Br)c2)OC1(C)C. The number of halogens is 2. The highest BCUT2D eigenvalue weighted by atomic mass is 79.9. The van der Waals surface area contributed by atoms with Crippen molar-refractivity contribution in [2.24, 2.45) is 5.73 Å². The van der Waals surface area contributed by atoms with Crippen LogP contribution < -0.4 is 5.73 Å². The van der Waals surface area contributed by atoms with Gasteiger partial charge in [-0.3, -0.25) is 0 Å². The molecule has 19 heavy (non-hydrogen) atoms. The Morgan fingerprint density at radius 3 is 1.84 bits per heavy atom. The molecule has 3 nitrogen and oxygen atoms in total. The summed E-state index contributed by atoms with van der Waals surface area (Å²) in [6.45, 7) is 8.10. The molecular formula is C13H18BBr2NO2. The highest BCUT2D eigenvalue weighted by Gasteiger charge is 2.53. The second-order valence-electron chi connectivity index (χ2n) is 5.85. The highest BCUT2D eigenvalue weighted by molar-refractivity contribution is 9.11. The molecule has 1 aromatic carbocycles. The van der Waals surface area contributed by atoms with Gasteiger partial charge in [0.2, 0.25) is 0 Å². The third-order valence-corrected chi connectivity index (χ3v) is 4.75. The fraction of sp³-hybridized carbons (Fsp3) is 0.538. The summed E-state index contributed by atoms with van der Waals surface area (Å²) in [6.07, 6.45) is 0. The lowest BCUT2D eigenvalue weighted by Crippen LogP contribution is -2.41. The van der Waals surface area contributed by atoms with Crippen LogP contribution in [0.15, 0.2) is 27.1 Å². The Balaban J connectivity index is 2.24. The maximum atomic E-state index is 6.29. The summed E-state index contributed by atoms with van der Waals surface area (Å²) in [5.74, 6) is -0.324. The van der Waals surface area contributed by atoms with E-state index in [1.807, 2.05) is 45.9 Å². The average Bonchev–Trinajstić information content (AvgIpc) is 2.45. The first-order chi connectivity index (χ1) is 8.62. The van der Waals surface area contributed by atoms with Gasteiger partial charge in [-0.15, -0.1) is 0 Å². The molecule has 0 aliphatic carbocycles. The van der Waals surface area contributed by atoms with Crippen molar-refractivity contribution < 1.29 is 9.31 Å². The molecule has 0 spiro atoms. The van der Waals surface area contributed by atoms with Crippen LogP contribution in [-0.4, -0.2) is 18.3 Å². The molecule has 1 saturated heterocycles. The summed E-state index contributed by atoms with van der Waals surface area (Å²) in [5.41, 5.74) is 6.54. The van der Waals surface area contributed by atoms with Gasteiger partial charge in [0, 0.05) is 8.95 Å². The van der Waals surface area contributed by atoms with Gasteiger partial charge in [0.1, 0.15) is 0 Å². The van der Waals surface area contributed by atoms with Crippen molar-refractivity contribution in [1.82, 2.24) is 0 Å². The van der Waals surface area contributed by atoms with E-state index in [1.54, 1.807) is 0 Å². The minimum absolute atomic E-state index is 0.324. The second-order valence-corrected chi connectivity index (χ2v) is 7.68. The van der Waals surface area contributed by atoms with Crippen molar-refractivity contribution in [1.29, 1.82) is 0 Å². The van der Waals surface area contributed by atoms with E-state index in [0.717, 1.165) is 14.5 Å². The highest BCUT2D eigenvalue weighted by Crippen LogP contribution is 2.40. The Hall–Kier alpha value is 0.125. The van der Waals surface area contributed by atoms with E-state index < -0.39 is 7.12 Å². The molecule has 1 fully saturated rings. The largest absolute Gasteiger partial charge is 0.480 e. The fourth-order valence-corrected chi connectivity index (χ4v) is 3.29. The zero-order chi connectivity index (χ0) is 14.4. The summed E-state index contributed by atoms with van der Waals surface area (Å²) in [5, 5.41) is 0. The van der Waals surface area contributed by atoms with Gasteiger partial charge < -0.3 is 15.0 Å². The molecule has 2 rings (SSSR count). The van der Waals surface area contributed by atoms with Gasteiger partial charge in [-0.2, -0.15) is 0 Å². The van der Waals surface area contributed by atoms with Gasteiger partial charge in [-0.25, -0.2) is 0 Å². The van der Waals surface area contributed by atoms with Crippen LogP contribution in [0.5, 0.6) is 0 Å². The fourth-order valence-electron chi connectivity index (χ4n) is 1.96. The smallest absolute Gasteiger partial charge is 0.402 e. The molecule has 0 radical (unpaired) electrons. The minimum atomic E-state index is -0.439. The number of hydrogen-bond acceptors (Lipinski definition) is 3. The zero-order valence-electron chi connectivity index (χ0n) is 11.5. The third kappa shape index (κ3) is 3.08. The third-order valence-electron chi connectivity index (χ3n) is 3.83. The quantitative estimate of drug-likeness (QED) is 0.780. The molecule has 0 bridgehead atoms. The van der Waals surface area contributed by atoms with Crippen LogP contribution >= 0.6 is 31.9 Å². The maximum Gasteiger partial charge on any atom is 0.480 e. The Morgan fingerprint density at radius 1 is 1.00 bits per heavy atom. The summed E-state index contributed by atoms with van der Waals surface area (Å²) in [7, 11) is -0.439. The van der Waals surface area contributed by atoms with Crippen LogP contribution in [0.4, 0.5) is 0 Å². The molecule has 1 unspecified atom stereocenters. The van der Waals surface area contributed by atoms with Crippen LogP contribution in [0.2, 0.25) is 0 Å². The normalized spacial score (nSPS) is 22.6.